The van der Waals surface area contributed by atoms with Gasteiger partial charge in [0.15, 0.2) is 0 Å². The zero-order valence-corrected chi connectivity index (χ0v) is 26.4. The molecule has 0 aliphatic heterocycles. The first kappa shape index (κ1) is 28.1. The van der Waals surface area contributed by atoms with Crippen LogP contribution in [-0.4, -0.2) is 0 Å². The van der Waals surface area contributed by atoms with E-state index in [4.69, 9.17) is 0 Å². The molecule has 222 valence electrons. The van der Waals surface area contributed by atoms with Crippen LogP contribution in [0, 0.1) is 12.8 Å². The molecule has 0 bridgehead atoms. The summed E-state index contributed by atoms with van der Waals surface area (Å²) in [7, 11) is 0. The molecule has 2 aliphatic rings. The molecule has 0 radical (unpaired) electrons. The lowest BCUT2D eigenvalue weighted by molar-refractivity contribution is 0.739. The first-order valence-electron chi connectivity index (χ1n) is 16.3. The number of nitrogens with zero attached hydrogens (tertiary/aromatic N) is 1. The Morgan fingerprint density at radius 1 is 0.565 bits per heavy atom. The van der Waals surface area contributed by atoms with Gasteiger partial charge < -0.3 is 4.90 Å². The number of fused-ring (bicyclic) bond motifs is 3. The predicted molar refractivity (Wildman–Crippen MR) is 194 cm³/mol. The van der Waals surface area contributed by atoms with Crippen molar-refractivity contribution in [1.29, 1.82) is 0 Å². The first-order chi connectivity index (χ1) is 22.6. The second kappa shape index (κ2) is 11.5. The molecule has 6 aromatic carbocycles. The fraction of sp³-hybridized carbons (Fsp3) is 0.111. The van der Waals surface area contributed by atoms with Crippen molar-refractivity contribution in [1.82, 2.24) is 0 Å². The molecule has 1 unspecified atom stereocenters. The average Bonchev–Trinajstić information content (AvgIpc) is 3.42. The van der Waals surface area contributed by atoms with Crippen molar-refractivity contribution in [2.24, 2.45) is 5.92 Å². The van der Waals surface area contributed by atoms with Crippen molar-refractivity contribution in [3.63, 3.8) is 0 Å². The largest absolute Gasteiger partial charge is 0.311 e. The molecule has 2 atom stereocenters. The van der Waals surface area contributed by atoms with Crippen molar-refractivity contribution < 1.29 is 0 Å². The van der Waals surface area contributed by atoms with E-state index in [0.717, 1.165) is 23.5 Å². The van der Waals surface area contributed by atoms with E-state index in [1.54, 1.807) is 0 Å². The molecule has 0 aromatic heterocycles. The molecule has 1 nitrogen and oxygen atoms in total. The SMILES string of the molecule is Cc1cccc2c1-c1ccccc1C2(c1ccccc1)c1ccc(N(c2ccccc2)c2ccc(C3=CC[C@@H](C)C=C3)cc2)cc1. The van der Waals surface area contributed by atoms with Gasteiger partial charge in [0.05, 0.1) is 5.41 Å². The molecule has 0 fully saturated rings. The number of anilines is 3. The highest BCUT2D eigenvalue weighted by Gasteiger charge is 2.46. The Morgan fingerprint density at radius 3 is 1.85 bits per heavy atom. The molecular weight excluding hydrogens is 555 g/mol. The lowest BCUT2D eigenvalue weighted by Gasteiger charge is -2.34. The quantitative estimate of drug-likeness (QED) is 0.186. The Hall–Kier alpha value is -5.40. The van der Waals surface area contributed by atoms with E-state index >= 15 is 0 Å². The van der Waals surface area contributed by atoms with E-state index < -0.39 is 5.41 Å². The normalized spacial score (nSPS) is 18.0. The topological polar surface area (TPSA) is 3.24 Å². The highest BCUT2D eigenvalue weighted by atomic mass is 15.1. The van der Waals surface area contributed by atoms with Crippen LogP contribution in [0.4, 0.5) is 17.1 Å². The number of aryl methyl sites for hydroxylation is 1. The minimum absolute atomic E-state index is 0.407. The highest BCUT2D eigenvalue weighted by Crippen LogP contribution is 2.57. The van der Waals surface area contributed by atoms with Crippen molar-refractivity contribution in [2.45, 2.75) is 25.7 Å². The summed E-state index contributed by atoms with van der Waals surface area (Å²) >= 11 is 0. The van der Waals surface area contributed by atoms with Gasteiger partial charge in [0.1, 0.15) is 0 Å². The van der Waals surface area contributed by atoms with Crippen LogP contribution in [0.1, 0.15) is 46.7 Å². The Balaban J connectivity index is 1.26. The number of benzene rings is 6. The van der Waals surface area contributed by atoms with Gasteiger partial charge in [-0.05, 0) is 106 Å². The number of allylic oxidation sites excluding steroid dienone is 4. The Bertz CT molecular complexity index is 2070. The fourth-order valence-corrected chi connectivity index (χ4v) is 7.62. The molecule has 2 aliphatic carbocycles. The molecule has 0 saturated heterocycles. The van der Waals surface area contributed by atoms with Crippen molar-refractivity contribution in [3.8, 4) is 11.1 Å². The smallest absolute Gasteiger partial charge is 0.0713 e. The van der Waals surface area contributed by atoms with Crippen LogP contribution in [0.2, 0.25) is 0 Å². The van der Waals surface area contributed by atoms with E-state index in [1.165, 1.54) is 50.1 Å². The highest BCUT2D eigenvalue weighted by molar-refractivity contribution is 5.88. The molecule has 0 spiro atoms. The van der Waals surface area contributed by atoms with Crippen LogP contribution in [0.25, 0.3) is 16.7 Å². The second-order valence-corrected chi connectivity index (χ2v) is 12.7. The number of rotatable bonds is 6. The molecule has 0 saturated carbocycles. The number of hydrogen-bond donors (Lipinski definition) is 0. The van der Waals surface area contributed by atoms with Gasteiger partial charge in [0.2, 0.25) is 0 Å². The van der Waals surface area contributed by atoms with Crippen molar-refractivity contribution in [3.05, 3.63) is 203 Å². The van der Waals surface area contributed by atoms with Crippen LogP contribution in [0.3, 0.4) is 0 Å². The average molecular weight is 592 g/mol. The summed E-state index contributed by atoms with van der Waals surface area (Å²) in [5.74, 6) is 0.607. The van der Waals surface area contributed by atoms with Gasteiger partial charge in [-0.2, -0.15) is 0 Å². The molecule has 6 aromatic rings. The predicted octanol–water partition coefficient (Wildman–Crippen LogP) is 11.8. The number of para-hydroxylation sites is 1. The lowest BCUT2D eigenvalue weighted by Crippen LogP contribution is -2.28. The summed E-state index contributed by atoms with van der Waals surface area (Å²) in [5.41, 5.74) is 14.8. The Morgan fingerprint density at radius 2 is 1.15 bits per heavy atom. The van der Waals surface area contributed by atoms with Gasteiger partial charge in [-0.15, -0.1) is 0 Å². The summed E-state index contributed by atoms with van der Waals surface area (Å²) in [6, 6.07) is 55.8. The summed E-state index contributed by atoms with van der Waals surface area (Å²) in [5, 5.41) is 0. The van der Waals surface area contributed by atoms with Crippen LogP contribution >= 0.6 is 0 Å². The molecule has 0 N–H and O–H groups in total. The third kappa shape index (κ3) is 4.54. The van der Waals surface area contributed by atoms with E-state index in [9.17, 15) is 0 Å². The zero-order chi connectivity index (χ0) is 31.1. The first-order valence-corrected chi connectivity index (χ1v) is 16.3. The van der Waals surface area contributed by atoms with Gasteiger partial charge in [0.25, 0.3) is 0 Å². The maximum atomic E-state index is 2.36. The van der Waals surface area contributed by atoms with Crippen LogP contribution in [0.15, 0.2) is 170 Å². The van der Waals surface area contributed by atoms with Crippen LogP contribution in [0.5, 0.6) is 0 Å². The van der Waals surface area contributed by atoms with Crippen molar-refractivity contribution >= 4 is 22.6 Å². The van der Waals surface area contributed by atoms with Crippen LogP contribution in [-0.2, 0) is 5.41 Å². The van der Waals surface area contributed by atoms with Gasteiger partial charge >= 0.3 is 0 Å². The summed E-state index contributed by atoms with van der Waals surface area (Å²) in [4.78, 5) is 2.36. The third-order valence-electron chi connectivity index (χ3n) is 9.83. The van der Waals surface area contributed by atoms with E-state index in [-0.39, 0.29) is 0 Å². The van der Waals surface area contributed by atoms with Gasteiger partial charge in [-0.1, -0.05) is 140 Å². The summed E-state index contributed by atoms with van der Waals surface area (Å²) in [6.07, 6.45) is 8.03. The fourth-order valence-electron chi connectivity index (χ4n) is 7.62. The minimum Gasteiger partial charge on any atom is -0.311 e. The standard InChI is InChI=1S/C45H37N/c1-32-20-22-34(23-21-32)35-24-28-39(29-25-35)46(38-15-7-4-8-16-38)40-30-26-37(27-31-40)45(36-13-5-3-6-14-36)42-18-10-9-17-41(42)44-33(2)12-11-19-43(44)45/h3-20,22-32H,21H2,1-2H3/t32-,45?/m0/s1. The molecular formula is C45H37N. The molecule has 1 heteroatoms. The molecule has 0 heterocycles. The van der Waals surface area contributed by atoms with Gasteiger partial charge in [-0.25, -0.2) is 0 Å². The van der Waals surface area contributed by atoms with Gasteiger partial charge in [-0.3, -0.25) is 0 Å². The summed E-state index contributed by atoms with van der Waals surface area (Å²) < 4.78 is 0. The lowest BCUT2D eigenvalue weighted by atomic mass is 9.67. The molecule has 8 rings (SSSR count). The monoisotopic (exact) mass is 591 g/mol. The molecule has 46 heavy (non-hydrogen) atoms. The Kier molecular flexibility index (Phi) is 7.03. The maximum absolute atomic E-state index is 2.36. The van der Waals surface area contributed by atoms with Gasteiger partial charge in [0, 0.05) is 17.1 Å². The van der Waals surface area contributed by atoms with E-state index in [1.807, 2.05) is 0 Å². The van der Waals surface area contributed by atoms with E-state index in [2.05, 4.69) is 189 Å². The van der Waals surface area contributed by atoms with Crippen molar-refractivity contribution in [2.75, 3.05) is 4.90 Å². The maximum Gasteiger partial charge on any atom is 0.0713 e. The molecule has 0 amide bonds. The Labute approximate surface area is 272 Å². The van der Waals surface area contributed by atoms with Crippen LogP contribution < -0.4 is 4.90 Å². The number of hydrogen-bond acceptors (Lipinski definition) is 1. The second-order valence-electron chi connectivity index (χ2n) is 12.7. The van der Waals surface area contributed by atoms with E-state index in [0.29, 0.717) is 5.92 Å². The third-order valence-corrected chi connectivity index (χ3v) is 9.83. The minimum atomic E-state index is -0.407. The summed E-state index contributed by atoms with van der Waals surface area (Å²) in [6.45, 7) is 4.51. The zero-order valence-electron chi connectivity index (χ0n) is 26.4.